The summed E-state index contributed by atoms with van der Waals surface area (Å²) in [5.74, 6) is 0.696. The van der Waals surface area contributed by atoms with Crippen molar-refractivity contribution in [1.82, 2.24) is 10.3 Å². The third-order valence-corrected chi connectivity index (χ3v) is 5.71. The summed E-state index contributed by atoms with van der Waals surface area (Å²) in [6.45, 7) is 0.939. The van der Waals surface area contributed by atoms with Crippen molar-refractivity contribution in [2.75, 3.05) is 6.54 Å². The molecule has 21 heavy (non-hydrogen) atoms. The van der Waals surface area contributed by atoms with Gasteiger partial charge in [-0.2, -0.15) is 13.2 Å². The first-order chi connectivity index (χ1) is 10.0. The molecule has 0 saturated heterocycles. The lowest BCUT2D eigenvalue weighted by Gasteiger charge is -2.24. The lowest BCUT2D eigenvalue weighted by molar-refractivity contribution is -0.137. The van der Waals surface area contributed by atoms with Crippen LogP contribution in [0.5, 0.6) is 0 Å². The van der Waals surface area contributed by atoms with Crippen molar-refractivity contribution in [2.45, 2.75) is 63.1 Å². The molecule has 0 aliphatic heterocycles. The van der Waals surface area contributed by atoms with Gasteiger partial charge in [0.1, 0.15) is 0 Å². The topological polar surface area (TPSA) is 24.9 Å². The van der Waals surface area contributed by atoms with Crippen molar-refractivity contribution < 1.29 is 13.2 Å². The van der Waals surface area contributed by atoms with Crippen molar-refractivity contribution >= 4 is 11.3 Å². The minimum atomic E-state index is -4.31. The number of halogens is 3. The Kier molecular flexibility index (Phi) is 4.54. The molecule has 2 nitrogen and oxygen atoms in total. The second-order valence-electron chi connectivity index (χ2n) is 6.25. The highest BCUT2D eigenvalue weighted by Crippen LogP contribution is 2.41. The Hall–Kier alpha value is -0.620. The summed E-state index contributed by atoms with van der Waals surface area (Å²) in [5.41, 5.74) is 0. The van der Waals surface area contributed by atoms with Crippen molar-refractivity contribution in [1.29, 1.82) is 0 Å². The van der Waals surface area contributed by atoms with Gasteiger partial charge in [-0.1, -0.05) is 19.3 Å². The molecule has 2 saturated carbocycles. The number of alkyl halides is 3. The first-order valence-corrected chi connectivity index (χ1v) is 8.62. The van der Waals surface area contributed by atoms with Gasteiger partial charge in [0.25, 0.3) is 0 Å². The SMILES string of the molecule is FC(F)(F)c1ncc(C2CCCCCC2CNC2CC2)s1. The molecule has 0 aromatic carbocycles. The number of rotatable bonds is 4. The van der Waals surface area contributed by atoms with Crippen LogP contribution in [0.25, 0.3) is 0 Å². The summed E-state index contributed by atoms with van der Waals surface area (Å²) < 4.78 is 38.2. The second kappa shape index (κ2) is 6.24. The van der Waals surface area contributed by atoms with Crippen LogP contribution in [-0.4, -0.2) is 17.6 Å². The molecule has 2 aliphatic rings. The molecule has 0 radical (unpaired) electrons. The highest BCUT2D eigenvalue weighted by molar-refractivity contribution is 7.11. The van der Waals surface area contributed by atoms with Crippen LogP contribution in [0, 0.1) is 5.92 Å². The van der Waals surface area contributed by atoms with Crippen molar-refractivity contribution in [3.8, 4) is 0 Å². The van der Waals surface area contributed by atoms with Gasteiger partial charge in [0.15, 0.2) is 5.01 Å². The molecule has 2 atom stereocenters. The normalized spacial score (nSPS) is 27.6. The van der Waals surface area contributed by atoms with Crippen LogP contribution in [0.4, 0.5) is 13.2 Å². The van der Waals surface area contributed by atoms with Crippen LogP contribution in [0.3, 0.4) is 0 Å². The number of aromatic nitrogens is 1. The van der Waals surface area contributed by atoms with Gasteiger partial charge in [-0.3, -0.25) is 0 Å². The minimum absolute atomic E-state index is 0.243. The Morgan fingerprint density at radius 2 is 1.90 bits per heavy atom. The molecule has 2 fully saturated rings. The standard InChI is InChI=1S/C15H21F3N2S/c16-15(17,18)14-20-9-13(21-14)12-5-3-1-2-4-10(12)8-19-11-6-7-11/h9-12,19H,1-8H2. The van der Waals surface area contributed by atoms with E-state index in [2.05, 4.69) is 10.3 Å². The van der Waals surface area contributed by atoms with Crippen molar-refractivity contribution in [3.05, 3.63) is 16.1 Å². The third kappa shape index (κ3) is 3.97. The van der Waals surface area contributed by atoms with Crippen LogP contribution >= 0.6 is 11.3 Å². The summed E-state index contributed by atoms with van der Waals surface area (Å²) in [7, 11) is 0. The van der Waals surface area contributed by atoms with Gasteiger partial charge in [-0.05, 0) is 44.1 Å². The maximum Gasteiger partial charge on any atom is 0.443 e. The van der Waals surface area contributed by atoms with E-state index in [0.717, 1.165) is 42.0 Å². The summed E-state index contributed by atoms with van der Waals surface area (Å²) >= 11 is 0.845. The van der Waals surface area contributed by atoms with E-state index in [9.17, 15) is 13.2 Å². The van der Waals surface area contributed by atoms with Gasteiger partial charge in [0, 0.05) is 17.1 Å². The van der Waals surface area contributed by atoms with Gasteiger partial charge in [0.05, 0.1) is 0 Å². The molecule has 2 unspecified atom stereocenters. The number of nitrogens with one attached hydrogen (secondary N) is 1. The quantitative estimate of drug-likeness (QED) is 0.822. The smallest absolute Gasteiger partial charge is 0.314 e. The average molecular weight is 318 g/mol. The Labute approximate surface area is 127 Å². The van der Waals surface area contributed by atoms with Gasteiger partial charge in [0.2, 0.25) is 0 Å². The largest absolute Gasteiger partial charge is 0.443 e. The average Bonchev–Trinajstić information content (AvgIpc) is 3.16. The van der Waals surface area contributed by atoms with E-state index in [4.69, 9.17) is 0 Å². The highest BCUT2D eigenvalue weighted by atomic mass is 32.1. The molecule has 0 amide bonds. The molecule has 1 heterocycles. The summed E-state index contributed by atoms with van der Waals surface area (Å²) in [4.78, 5) is 4.43. The Bertz CT molecular complexity index is 468. The zero-order chi connectivity index (χ0) is 14.9. The lowest BCUT2D eigenvalue weighted by Crippen LogP contribution is -2.28. The van der Waals surface area contributed by atoms with E-state index in [1.807, 2.05) is 0 Å². The van der Waals surface area contributed by atoms with E-state index in [1.54, 1.807) is 0 Å². The number of hydrogen-bond donors (Lipinski definition) is 1. The van der Waals surface area contributed by atoms with E-state index in [0.29, 0.717) is 12.0 Å². The monoisotopic (exact) mass is 318 g/mol. The zero-order valence-corrected chi connectivity index (χ0v) is 12.8. The molecule has 118 valence electrons. The lowest BCUT2D eigenvalue weighted by atomic mass is 9.87. The Morgan fingerprint density at radius 3 is 2.57 bits per heavy atom. The van der Waals surface area contributed by atoms with E-state index in [-0.39, 0.29) is 5.92 Å². The van der Waals surface area contributed by atoms with Crippen LogP contribution in [0.2, 0.25) is 0 Å². The fourth-order valence-corrected chi connectivity index (χ4v) is 4.21. The Morgan fingerprint density at radius 1 is 1.14 bits per heavy atom. The molecule has 0 bridgehead atoms. The first kappa shape index (κ1) is 15.3. The molecule has 1 aromatic rings. The molecule has 1 aromatic heterocycles. The van der Waals surface area contributed by atoms with Gasteiger partial charge in [-0.15, -0.1) is 11.3 Å². The van der Waals surface area contributed by atoms with Gasteiger partial charge in [-0.25, -0.2) is 4.98 Å². The van der Waals surface area contributed by atoms with Gasteiger partial charge < -0.3 is 5.32 Å². The van der Waals surface area contributed by atoms with Crippen LogP contribution in [-0.2, 0) is 6.18 Å². The predicted molar refractivity (Wildman–Crippen MR) is 77.5 cm³/mol. The summed E-state index contributed by atoms with van der Waals surface area (Å²) in [5, 5.41) is 2.85. The van der Waals surface area contributed by atoms with Crippen molar-refractivity contribution in [2.24, 2.45) is 5.92 Å². The number of thiazole rings is 1. The van der Waals surface area contributed by atoms with E-state index >= 15 is 0 Å². The number of nitrogens with zero attached hydrogens (tertiary/aromatic N) is 1. The van der Waals surface area contributed by atoms with Crippen molar-refractivity contribution in [3.63, 3.8) is 0 Å². The Balaban J connectivity index is 1.72. The first-order valence-electron chi connectivity index (χ1n) is 7.80. The molecule has 3 rings (SSSR count). The maximum atomic E-state index is 12.7. The van der Waals surface area contributed by atoms with Crippen LogP contribution in [0.1, 0.15) is 60.7 Å². The highest BCUT2D eigenvalue weighted by Gasteiger charge is 2.36. The van der Waals surface area contributed by atoms with E-state index in [1.165, 1.54) is 31.9 Å². The summed E-state index contributed by atoms with van der Waals surface area (Å²) in [6.07, 6.45) is 5.26. The molecule has 6 heteroatoms. The second-order valence-corrected chi connectivity index (χ2v) is 7.31. The molecule has 2 aliphatic carbocycles. The molecular formula is C15H21F3N2S. The minimum Gasteiger partial charge on any atom is -0.314 e. The molecule has 1 N–H and O–H groups in total. The van der Waals surface area contributed by atoms with E-state index < -0.39 is 11.2 Å². The van der Waals surface area contributed by atoms with Gasteiger partial charge >= 0.3 is 6.18 Å². The predicted octanol–water partition coefficient (Wildman–Crippen LogP) is 4.58. The third-order valence-electron chi connectivity index (χ3n) is 4.54. The zero-order valence-electron chi connectivity index (χ0n) is 12.0. The maximum absolute atomic E-state index is 12.7. The summed E-state index contributed by atoms with van der Waals surface area (Å²) in [6, 6.07) is 0.654. The fraction of sp³-hybridized carbons (Fsp3) is 0.800. The molecular weight excluding hydrogens is 297 g/mol. The van der Waals surface area contributed by atoms with Crippen LogP contribution in [0.15, 0.2) is 6.20 Å². The van der Waals surface area contributed by atoms with Crippen LogP contribution < -0.4 is 5.32 Å². The number of hydrogen-bond acceptors (Lipinski definition) is 3. The molecule has 0 spiro atoms. The fourth-order valence-electron chi connectivity index (χ4n) is 3.20.